The van der Waals surface area contributed by atoms with Gasteiger partial charge in [0.1, 0.15) is 11.3 Å². The first-order valence-electron chi connectivity index (χ1n) is 9.20. The number of aryl methyl sites for hydroxylation is 2. The highest BCUT2D eigenvalue weighted by Gasteiger charge is 2.26. The number of halogens is 1. The second-order valence-corrected chi connectivity index (χ2v) is 7.84. The smallest absolute Gasteiger partial charge is 0.280 e. The Labute approximate surface area is 166 Å². The lowest BCUT2D eigenvalue weighted by atomic mass is 10.2. The predicted octanol–water partition coefficient (Wildman–Crippen LogP) is 2.46. The third kappa shape index (κ3) is 3.78. The van der Waals surface area contributed by atoms with Crippen LogP contribution in [-0.4, -0.2) is 65.0 Å². The zero-order chi connectivity index (χ0) is 19.7. The van der Waals surface area contributed by atoms with Crippen LogP contribution in [0.25, 0.3) is 10.2 Å². The quantitative estimate of drug-likeness (QED) is 0.655. The van der Waals surface area contributed by atoms with Crippen molar-refractivity contribution in [3.63, 3.8) is 0 Å². The number of thiazole rings is 1. The van der Waals surface area contributed by atoms with Crippen molar-refractivity contribution in [2.45, 2.75) is 6.92 Å². The van der Waals surface area contributed by atoms with Crippen molar-refractivity contribution >= 4 is 32.6 Å². The zero-order valence-electron chi connectivity index (χ0n) is 15.9. The molecule has 0 bridgehead atoms. The van der Waals surface area contributed by atoms with Gasteiger partial charge in [0.25, 0.3) is 5.91 Å². The van der Waals surface area contributed by atoms with Crippen LogP contribution in [-0.2, 0) is 11.8 Å². The van der Waals surface area contributed by atoms with Crippen molar-refractivity contribution in [1.82, 2.24) is 19.7 Å². The molecule has 3 aromatic rings. The van der Waals surface area contributed by atoms with Gasteiger partial charge in [-0.1, -0.05) is 17.4 Å². The van der Waals surface area contributed by atoms with Gasteiger partial charge in [0.05, 0.1) is 17.9 Å². The van der Waals surface area contributed by atoms with Gasteiger partial charge in [0.2, 0.25) is 0 Å². The van der Waals surface area contributed by atoms with Crippen molar-refractivity contribution in [1.29, 1.82) is 0 Å². The fourth-order valence-electron chi connectivity index (χ4n) is 3.32. The minimum atomic E-state index is -0.380. The topological polar surface area (TPSA) is 63.5 Å². The lowest BCUT2D eigenvalue weighted by Gasteiger charge is -2.29. The fourth-order valence-corrected chi connectivity index (χ4v) is 4.32. The Balaban J connectivity index is 1.66. The summed E-state index contributed by atoms with van der Waals surface area (Å²) >= 11 is 1.32. The van der Waals surface area contributed by atoms with Crippen LogP contribution in [0.15, 0.2) is 24.4 Å². The predicted molar refractivity (Wildman–Crippen MR) is 106 cm³/mol. The summed E-state index contributed by atoms with van der Waals surface area (Å²) in [6.45, 7) is 6.06. The van der Waals surface area contributed by atoms with E-state index in [1.807, 2.05) is 19.2 Å². The first-order chi connectivity index (χ1) is 13.5. The molecule has 148 valence electrons. The van der Waals surface area contributed by atoms with Gasteiger partial charge in [-0.05, 0) is 19.1 Å². The van der Waals surface area contributed by atoms with Crippen molar-refractivity contribution < 1.29 is 13.9 Å². The average molecular weight is 403 g/mol. The van der Waals surface area contributed by atoms with Crippen LogP contribution in [0, 0.1) is 12.7 Å². The minimum Gasteiger partial charge on any atom is -0.379 e. The van der Waals surface area contributed by atoms with Crippen molar-refractivity contribution in [3.8, 4) is 0 Å². The third-order valence-electron chi connectivity index (χ3n) is 4.79. The van der Waals surface area contributed by atoms with Gasteiger partial charge in [-0.25, -0.2) is 9.37 Å². The molecule has 1 fully saturated rings. The van der Waals surface area contributed by atoms with E-state index in [9.17, 15) is 9.18 Å². The number of hydrogen-bond acceptors (Lipinski definition) is 6. The standard InChI is InChI=1S/C19H22FN5O2S/c1-13-12-23(2)22-16(13)18(26)25(7-6-24-8-10-27-11-9-24)19-21-17-14(20)4-3-5-15(17)28-19/h3-5,12H,6-11H2,1-2H3. The third-order valence-corrected chi connectivity index (χ3v) is 5.84. The number of para-hydroxylation sites is 1. The van der Waals surface area contributed by atoms with Crippen LogP contribution in [0.4, 0.5) is 9.52 Å². The summed E-state index contributed by atoms with van der Waals surface area (Å²) < 4.78 is 21.9. The maximum Gasteiger partial charge on any atom is 0.280 e. The monoisotopic (exact) mass is 403 g/mol. The summed E-state index contributed by atoms with van der Waals surface area (Å²) in [6.07, 6.45) is 1.81. The van der Waals surface area contributed by atoms with Crippen LogP contribution in [0.1, 0.15) is 16.1 Å². The lowest BCUT2D eigenvalue weighted by Crippen LogP contribution is -2.43. The highest BCUT2D eigenvalue weighted by Crippen LogP contribution is 2.31. The van der Waals surface area contributed by atoms with E-state index in [2.05, 4.69) is 15.0 Å². The molecule has 0 aliphatic carbocycles. The molecule has 7 nitrogen and oxygen atoms in total. The van der Waals surface area contributed by atoms with Gasteiger partial charge in [0, 0.05) is 45.0 Å². The molecule has 0 radical (unpaired) electrons. The normalized spacial score (nSPS) is 15.2. The van der Waals surface area contributed by atoms with E-state index >= 15 is 0 Å². The van der Waals surface area contributed by atoms with E-state index in [1.54, 1.807) is 22.7 Å². The van der Waals surface area contributed by atoms with E-state index < -0.39 is 0 Å². The molecule has 0 atom stereocenters. The van der Waals surface area contributed by atoms with Crippen LogP contribution >= 0.6 is 11.3 Å². The summed E-state index contributed by atoms with van der Waals surface area (Å²) in [6, 6.07) is 4.85. The largest absolute Gasteiger partial charge is 0.379 e. The van der Waals surface area contributed by atoms with E-state index in [0.717, 1.165) is 23.4 Å². The molecular weight excluding hydrogens is 381 g/mol. The van der Waals surface area contributed by atoms with Gasteiger partial charge in [0.15, 0.2) is 10.8 Å². The molecule has 0 N–H and O–H groups in total. The van der Waals surface area contributed by atoms with Gasteiger partial charge in [-0.15, -0.1) is 0 Å². The van der Waals surface area contributed by atoms with E-state index in [4.69, 9.17) is 4.74 Å². The molecule has 1 aromatic carbocycles. The summed E-state index contributed by atoms with van der Waals surface area (Å²) in [5.41, 5.74) is 1.49. The molecule has 3 heterocycles. The molecular formula is C19H22FN5O2S. The highest BCUT2D eigenvalue weighted by atomic mass is 32.1. The molecule has 0 unspecified atom stereocenters. The number of anilines is 1. The Kier molecular flexibility index (Phi) is 5.38. The summed E-state index contributed by atoms with van der Waals surface area (Å²) in [7, 11) is 1.79. The number of benzene rings is 1. The van der Waals surface area contributed by atoms with E-state index in [0.29, 0.717) is 42.6 Å². The zero-order valence-corrected chi connectivity index (χ0v) is 16.7. The lowest BCUT2D eigenvalue weighted by molar-refractivity contribution is 0.0391. The molecule has 1 amide bonds. The second-order valence-electron chi connectivity index (χ2n) is 6.83. The molecule has 28 heavy (non-hydrogen) atoms. The van der Waals surface area contributed by atoms with E-state index in [1.165, 1.54) is 17.4 Å². The Morgan fingerprint density at radius 3 is 2.82 bits per heavy atom. The van der Waals surface area contributed by atoms with Crippen molar-refractivity contribution in [2.75, 3.05) is 44.3 Å². The number of morpholine rings is 1. The molecule has 4 rings (SSSR count). The number of aromatic nitrogens is 3. The SMILES string of the molecule is Cc1cn(C)nc1C(=O)N(CCN1CCOCC1)c1nc2c(F)cccc2s1. The molecule has 1 aliphatic heterocycles. The Hall–Kier alpha value is -2.36. The Bertz CT molecular complexity index is 996. The number of fused-ring (bicyclic) bond motifs is 1. The molecule has 2 aromatic heterocycles. The fraction of sp³-hybridized carbons (Fsp3) is 0.421. The Morgan fingerprint density at radius 2 is 2.14 bits per heavy atom. The first kappa shape index (κ1) is 19.0. The van der Waals surface area contributed by atoms with Gasteiger partial charge in [-0.2, -0.15) is 5.10 Å². The number of rotatable bonds is 5. The minimum absolute atomic E-state index is 0.217. The number of amides is 1. The molecule has 0 saturated carbocycles. The van der Waals surface area contributed by atoms with Crippen LogP contribution < -0.4 is 4.90 Å². The Morgan fingerprint density at radius 1 is 1.36 bits per heavy atom. The number of nitrogens with zero attached hydrogens (tertiary/aromatic N) is 5. The van der Waals surface area contributed by atoms with Crippen molar-refractivity contribution in [2.24, 2.45) is 7.05 Å². The number of hydrogen-bond donors (Lipinski definition) is 0. The van der Waals surface area contributed by atoms with Crippen LogP contribution in [0.3, 0.4) is 0 Å². The highest BCUT2D eigenvalue weighted by molar-refractivity contribution is 7.22. The molecule has 0 spiro atoms. The number of carbonyl (C=O) groups is 1. The summed E-state index contributed by atoms with van der Waals surface area (Å²) in [4.78, 5) is 21.6. The van der Waals surface area contributed by atoms with Gasteiger partial charge >= 0.3 is 0 Å². The maximum absolute atomic E-state index is 14.1. The average Bonchev–Trinajstić information content (AvgIpc) is 3.26. The maximum atomic E-state index is 14.1. The van der Waals surface area contributed by atoms with Gasteiger partial charge in [-0.3, -0.25) is 19.3 Å². The number of carbonyl (C=O) groups excluding carboxylic acids is 1. The van der Waals surface area contributed by atoms with Crippen LogP contribution in [0.2, 0.25) is 0 Å². The van der Waals surface area contributed by atoms with Crippen molar-refractivity contribution in [3.05, 3.63) is 41.5 Å². The second kappa shape index (κ2) is 7.94. The van der Waals surface area contributed by atoms with Crippen LogP contribution in [0.5, 0.6) is 0 Å². The number of ether oxygens (including phenoxy) is 1. The molecule has 9 heteroatoms. The first-order valence-corrected chi connectivity index (χ1v) is 10.0. The summed E-state index contributed by atoms with van der Waals surface area (Å²) in [5, 5.41) is 4.81. The van der Waals surface area contributed by atoms with E-state index in [-0.39, 0.29) is 11.7 Å². The molecule has 1 aliphatic rings. The van der Waals surface area contributed by atoms with Gasteiger partial charge < -0.3 is 4.74 Å². The summed E-state index contributed by atoms with van der Waals surface area (Å²) in [5.74, 6) is -0.597. The molecule has 1 saturated heterocycles.